The molecule has 0 bridgehead atoms. The van der Waals surface area contributed by atoms with Crippen LogP contribution in [0.25, 0.3) is 0 Å². The van der Waals surface area contributed by atoms with Crippen LogP contribution in [0.3, 0.4) is 0 Å². The first kappa shape index (κ1) is 19.3. The van der Waals surface area contributed by atoms with Crippen LogP contribution in [0.4, 0.5) is 4.39 Å². The molecule has 0 saturated heterocycles. The smallest absolute Gasteiger partial charge is 0.240 e. The molecule has 0 saturated carbocycles. The second kappa shape index (κ2) is 8.53. The Labute approximate surface area is 168 Å². The molecule has 3 aromatic rings. The number of nitrogens with zero attached hydrogens (tertiary/aromatic N) is 3. The summed E-state index contributed by atoms with van der Waals surface area (Å²) < 4.78 is 18.3. The van der Waals surface area contributed by atoms with Gasteiger partial charge < -0.3 is 9.84 Å². The van der Waals surface area contributed by atoms with Gasteiger partial charge >= 0.3 is 0 Å². The van der Waals surface area contributed by atoms with E-state index in [1.54, 1.807) is 19.1 Å². The van der Waals surface area contributed by atoms with Gasteiger partial charge in [-0.15, -0.1) is 0 Å². The second-order valence-electron chi connectivity index (χ2n) is 7.30. The van der Waals surface area contributed by atoms with Crippen LogP contribution in [0, 0.1) is 12.7 Å². The van der Waals surface area contributed by atoms with Crippen molar-refractivity contribution in [2.75, 3.05) is 6.54 Å². The molecule has 1 N–H and O–H groups in total. The molecule has 1 aromatic heterocycles. The van der Waals surface area contributed by atoms with E-state index in [0.717, 1.165) is 5.56 Å². The topological polar surface area (TPSA) is 71.3 Å². The fourth-order valence-corrected chi connectivity index (χ4v) is 3.68. The van der Waals surface area contributed by atoms with Crippen molar-refractivity contribution in [2.45, 2.75) is 38.9 Å². The average molecular weight is 394 g/mol. The van der Waals surface area contributed by atoms with Crippen molar-refractivity contribution in [1.82, 2.24) is 20.4 Å². The van der Waals surface area contributed by atoms with E-state index in [4.69, 9.17) is 4.52 Å². The van der Waals surface area contributed by atoms with E-state index in [1.165, 1.54) is 23.3 Å². The number of hydrogen-bond acceptors (Lipinski definition) is 5. The first-order valence-electron chi connectivity index (χ1n) is 9.70. The Bertz CT molecular complexity index is 986. The quantitative estimate of drug-likeness (QED) is 0.696. The van der Waals surface area contributed by atoms with E-state index in [-0.39, 0.29) is 17.8 Å². The molecule has 0 radical (unpaired) electrons. The molecule has 2 heterocycles. The molecule has 1 aliphatic rings. The van der Waals surface area contributed by atoms with E-state index in [1.807, 2.05) is 12.1 Å². The first-order valence-corrected chi connectivity index (χ1v) is 9.70. The molecule has 2 aromatic carbocycles. The summed E-state index contributed by atoms with van der Waals surface area (Å²) in [6.45, 7) is 3.34. The highest BCUT2D eigenvalue weighted by Gasteiger charge is 2.32. The molecule has 29 heavy (non-hydrogen) atoms. The van der Waals surface area contributed by atoms with Gasteiger partial charge in [-0.1, -0.05) is 41.6 Å². The number of carbonyl (C=O) groups is 1. The number of aromatic nitrogens is 2. The van der Waals surface area contributed by atoms with Gasteiger partial charge in [0.2, 0.25) is 11.8 Å². The molecule has 150 valence electrons. The molecule has 1 amide bonds. The Balaban J connectivity index is 1.44. The van der Waals surface area contributed by atoms with Gasteiger partial charge in [0.15, 0.2) is 5.82 Å². The number of carbonyl (C=O) groups excluding carboxylic acids is 1. The molecular formula is C22H23FN4O2. The summed E-state index contributed by atoms with van der Waals surface area (Å²) in [5, 5.41) is 6.87. The highest BCUT2D eigenvalue weighted by molar-refractivity contribution is 5.82. The van der Waals surface area contributed by atoms with Crippen LogP contribution in [0.1, 0.15) is 28.4 Å². The fourth-order valence-electron chi connectivity index (χ4n) is 3.68. The van der Waals surface area contributed by atoms with Gasteiger partial charge in [0, 0.05) is 13.1 Å². The highest BCUT2D eigenvalue weighted by Crippen LogP contribution is 2.25. The van der Waals surface area contributed by atoms with E-state index >= 15 is 0 Å². The first-order chi connectivity index (χ1) is 14.1. The average Bonchev–Trinajstić information content (AvgIpc) is 3.13. The lowest BCUT2D eigenvalue weighted by Crippen LogP contribution is -2.50. The number of aryl methyl sites for hydroxylation is 1. The lowest BCUT2D eigenvalue weighted by Gasteiger charge is -2.35. The van der Waals surface area contributed by atoms with Crippen molar-refractivity contribution in [3.05, 3.63) is 82.8 Å². The van der Waals surface area contributed by atoms with Gasteiger partial charge in [0.25, 0.3) is 0 Å². The van der Waals surface area contributed by atoms with Crippen molar-refractivity contribution in [1.29, 1.82) is 0 Å². The zero-order valence-corrected chi connectivity index (χ0v) is 16.3. The Morgan fingerprint density at radius 2 is 1.97 bits per heavy atom. The molecule has 1 unspecified atom stereocenters. The van der Waals surface area contributed by atoms with Crippen LogP contribution in [-0.2, 0) is 30.7 Å². The maximum Gasteiger partial charge on any atom is 0.240 e. The molecule has 1 aliphatic heterocycles. The third-order valence-electron chi connectivity index (χ3n) is 5.18. The number of hydrogen-bond donors (Lipinski definition) is 1. The number of nitrogens with one attached hydrogen (secondary N) is 1. The molecule has 0 fully saturated rings. The largest absolute Gasteiger partial charge is 0.354 e. The van der Waals surface area contributed by atoms with Gasteiger partial charge in [-0.05, 0) is 48.6 Å². The monoisotopic (exact) mass is 394 g/mol. The fraction of sp³-hybridized carbons (Fsp3) is 0.318. The zero-order valence-electron chi connectivity index (χ0n) is 16.3. The summed E-state index contributed by atoms with van der Waals surface area (Å²) in [4.78, 5) is 19.3. The van der Waals surface area contributed by atoms with Crippen LogP contribution in [0.2, 0.25) is 0 Å². The van der Waals surface area contributed by atoms with Crippen LogP contribution >= 0.6 is 0 Å². The summed E-state index contributed by atoms with van der Waals surface area (Å²) in [5.41, 5.74) is 3.38. The minimum atomic E-state index is -0.315. The molecular weight excluding hydrogens is 371 g/mol. The zero-order chi connectivity index (χ0) is 20.2. The van der Waals surface area contributed by atoms with E-state index in [9.17, 15) is 9.18 Å². The molecule has 0 spiro atoms. The van der Waals surface area contributed by atoms with E-state index < -0.39 is 0 Å². The van der Waals surface area contributed by atoms with Gasteiger partial charge in [0.05, 0.1) is 12.6 Å². The number of benzene rings is 2. The summed E-state index contributed by atoms with van der Waals surface area (Å²) in [7, 11) is 0. The van der Waals surface area contributed by atoms with Crippen LogP contribution in [0.5, 0.6) is 0 Å². The molecule has 7 heteroatoms. The predicted octanol–water partition coefficient (Wildman–Crippen LogP) is 2.80. The van der Waals surface area contributed by atoms with Gasteiger partial charge in [-0.2, -0.15) is 4.98 Å². The maximum atomic E-state index is 13.0. The predicted molar refractivity (Wildman–Crippen MR) is 105 cm³/mol. The lowest BCUT2D eigenvalue weighted by molar-refractivity contribution is -0.127. The Morgan fingerprint density at radius 1 is 1.21 bits per heavy atom. The lowest BCUT2D eigenvalue weighted by atomic mass is 9.93. The summed E-state index contributed by atoms with van der Waals surface area (Å²) in [5.74, 6) is 0.798. The Hall–Kier alpha value is -3.06. The molecule has 1 atom stereocenters. The van der Waals surface area contributed by atoms with Gasteiger partial charge in [-0.3, -0.25) is 9.69 Å². The summed E-state index contributed by atoms with van der Waals surface area (Å²) in [6.07, 6.45) is 1.28. The van der Waals surface area contributed by atoms with Gasteiger partial charge in [0.1, 0.15) is 5.82 Å². The number of fused-ring (bicyclic) bond motifs is 1. The second-order valence-corrected chi connectivity index (χ2v) is 7.30. The number of rotatable bonds is 6. The maximum absolute atomic E-state index is 13.0. The Kier molecular flexibility index (Phi) is 5.67. The molecule has 6 nitrogen and oxygen atoms in total. The number of amides is 1. The van der Waals surface area contributed by atoms with Crippen molar-refractivity contribution < 1.29 is 13.7 Å². The Morgan fingerprint density at radius 3 is 2.69 bits per heavy atom. The van der Waals surface area contributed by atoms with Crippen LogP contribution in [-0.4, -0.2) is 33.5 Å². The van der Waals surface area contributed by atoms with Crippen molar-refractivity contribution in [2.24, 2.45) is 0 Å². The number of halogens is 1. The SMILES string of the molecule is Cc1noc(CN2Cc3ccccc3CC2C(=O)NCCc2ccc(F)cc2)n1. The van der Waals surface area contributed by atoms with E-state index in [0.29, 0.717) is 44.2 Å². The molecule has 4 rings (SSSR count). The van der Waals surface area contributed by atoms with Crippen LogP contribution < -0.4 is 5.32 Å². The standard InChI is InChI=1S/C22H23FN4O2/c1-15-25-21(29-26-15)14-27-13-18-5-3-2-4-17(18)12-20(27)22(28)24-11-10-16-6-8-19(23)9-7-16/h2-9,20H,10-14H2,1H3,(H,24,28). The third-order valence-corrected chi connectivity index (χ3v) is 5.18. The summed E-state index contributed by atoms with van der Waals surface area (Å²) in [6, 6.07) is 14.2. The van der Waals surface area contributed by atoms with Crippen LogP contribution in [0.15, 0.2) is 53.1 Å². The highest BCUT2D eigenvalue weighted by atomic mass is 19.1. The third kappa shape index (κ3) is 4.68. The van der Waals surface area contributed by atoms with E-state index in [2.05, 4.69) is 32.5 Å². The van der Waals surface area contributed by atoms with Gasteiger partial charge in [-0.25, -0.2) is 4.39 Å². The van der Waals surface area contributed by atoms with Crippen molar-refractivity contribution in [3.8, 4) is 0 Å². The minimum absolute atomic E-state index is 0.0298. The molecule has 0 aliphatic carbocycles. The summed E-state index contributed by atoms with van der Waals surface area (Å²) >= 11 is 0. The van der Waals surface area contributed by atoms with Crippen molar-refractivity contribution >= 4 is 5.91 Å². The minimum Gasteiger partial charge on any atom is -0.354 e. The normalized spacial score (nSPS) is 16.4. The van der Waals surface area contributed by atoms with Crippen molar-refractivity contribution in [3.63, 3.8) is 0 Å².